The average molecular weight is 226 g/mol. The molecule has 0 aliphatic carbocycles. The van der Waals surface area contributed by atoms with E-state index in [0.29, 0.717) is 6.61 Å². The number of aliphatic hydroxyl groups is 1. The van der Waals surface area contributed by atoms with Gasteiger partial charge in [0.25, 0.3) is 0 Å². The van der Waals surface area contributed by atoms with Gasteiger partial charge in [-0.2, -0.15) is 0 Å². The van der Waals surface area contributed by atoms with E-state index in [0.717, 1.165) is 18.5 Å². The van der Waals surface area contributed by atoms with Crippen LogP contribution in [-0.4, -0.2) is 48.8 Å². The van der Waals surface area contributed by atoms with Gasteiger partial charge in [-0.15, -0.1) is 0 Å². The van der Waals surface area contributed by atoms with Crippen molar-refractivity contribution < 1.29 is 5.11 Å². The highest BCUT2D eigenvalue weighted by atomic mass is 16.3. The zero-order valence-electron chi connectivity index (χ0n) is 10.3. The summed E-state index contributed by atoms with van der Waals surface area (Å²) in [5.41, 5.74) is 0. The fourth-order valence-corrected chi connectivity index (χ4v) is 3.36. The summed E-state index contributed by atoms with van der Waals surface area (Å²) in [6.07, 6.45) is 8.09. The Hall–Kier alpha value is -0.120. The normalized spacial score (nSPS) is 30.2. The lowest BCUT2D eigenvalue weighted by molar-refractivity contribution is 0.0996. The minimum atomic E-state index is 0.321. The van der Waals surface area contributed by atoms with Crippen LogP contribution < -0.4 is 5.32 Å². The van der Waals surface area contributed by atoms with Crippen molar-refractivity contribution >= 4 is 0 Å². The Balaban J connectivity index is 1.94. The number of piperidine rings is 1. The molecule has 0 bridgehead atoms. The Bertz CT molecular complexity index is 192. The van der Waals surface area contributed by atoms with E-state index in [1.165, 1.54) is 58.2 Å². The van der Waals surface area contributed by atoms with Crippen LogP contribution in [0, 0.1) is 5.92 Å². The highest BCUT2D eigenvalue weighted by molar-refractivity contribution is 4.84. The van der Waals surface area contributed by atoms with E-state index in [4.69, 9.17) is 0 Å². The minimum absolute atomic E-state index is 0.321. The maximum Gasteiger partial charge on any atom is 0.0558 e. The highest BCUT2D eigenvalue weighted by Crippen LogP contribution is 2.27. The molecule has 1 unspecified atom stereocenters. The molecule has 0 amide bonds. The van der Waals surface area contributed by atoms with Crippen LogP contribution in [0.3, 0.4) is 0 Å². The van der Waals surface area contributed by atoms with Gasteiger partial charge in [-0.1, -0.05) is 12.8 Å². The quantitative estimate of drug-likeness (QED) is 0.759. The van der Waals surface area contributed by atoms with Crippen LogP contribution in [0.4, 0.5) is 0 Å². The van der Waals surface area contributed by atoms with Gasteiger partial charge in [0.05, 0.1) is 6.61 Å². The summed E-state index contributed by atoms with van der Waals surface area (Å²) in [4.78, 5) is 2.56. The first-order valence-corrected chi connectivity index (χ1v) is 6.97. The Morgan fingerprint density at radius 1 is 1.06 bits per heavy atom. The van der Waals surface area contributed by atoms with E-state index >= 15 is 0 Å². The van der Waals surface area contributed by atoms with Gasteiger partial charge >= 0.3 is 0 Å². The van der Waals surface area contributed by atoms with Crippen LogP contribution in [-0.2, 0) is 0 Å². The fraction of sp³-hybridized carbons (Fsp3) is 1.00. The van der Waals surface area contributed by atoms with Crippen molar-refractivity contribution in [3.05, 3.63) is 0 Å². The van der Waals surface area contributed by atoms with E-state index < -0.39 is 0 Å². The number of hydrogen-bond donors (Lipinski definition) is 2. The van der Waals surface area contributed by atoms with E-state index in [-0.39, 0.29) is 0 Å². The molecule has 1 atom stereocenters. The van der Waals surface area contributed by atoms with Crippen molar-refractivity contribution in [2.75, 3.05) is 32.8 Å². The average Bonchev–Trinajstić information content (AvgIpc) is 2.56. The third-order valence-corrected chi connectivity index (χ3v) is 4.23. The molecule has 0 spiro atoms. The van der Waals surface area contributed by atoms with Gasteiger partial charge in [0, 0.05) is 12.6 Å². The van der Waals surface area contributed by atoms with E-state index in [1.807, 2.05) is 0 Å². The van der Waals surface area contributed by atoms with Crippen molar-refractivity contribution in [3.63, 3.8) is 0 Å². The molecule has 94 valence electrons. The van der Waals surface area contributed by atoms with Crippen LogP contribution in [0.1, 0.15) is 38.5 Å². The predicted octanol–water partition coefficient (Wildman–Crippen LogP) is 1.22. The molecule has 2 rings (SSSR count). The van der Waals surface area contributed by atoms with E-state index in [2.05, 4.69) is 10.2 Å². The summed E-state index contributed by atoms with van der Waals surface area (Å²) >= 11 is 0. The highest BCUT2D eigenvalue weighted by Gasteiger charge is 2.29. The van der Waals surface area contributed by atoms with Crippen molar-refractivity contribution in [3.8, 4) is 0 Å². The summed E-state index contributed by atoms with van der Waals surface area (Å²) in [6.45, 7) is 4.79. The first-order chi connectivity index (χ1) is 7.92. The van der Waals surface area contributed by atoms with Gasteiger partial charge in [0.1, 0.15) is 0 Å². The first-order valence-electron chi connectivity index (χ1n) is 6.97. The molecule has 3 heteroatoms. The van der Waals surface area contributed by atoms with Crippen LogP contribution in [0.2, 0.25) is 0 Å². The third kappa shape index (κ3) is 3.19. The van der Waals surface area contributed by atoms with Gasteiger partial charge < -0.3 is 10.4 Å². The van der Waals surface area contributed by atoms with Crippen molar-refractivity contribution in [1.29, 1.82) is 0 Å². The zero-order valence-corrected chi connectivity index (χ0v) is 10.3. The second-order valence-corrected chi connectivity index (χ2v) is 5.26. The third-order valence-electron chi connectivity index (χ3n) is 4.23. The minimum Gasteiger partial charge on any atom is -0.395 e. The number of aliphatic hydroxyl groups excluding tert-OH is 1. The number of likely N-dealkylation sites (tertiary alicyclic amines) is 1. The standard InChI is InChI=1S/C13H26N2O/c16-11-10-15-9-3-1-2-4-13(15)12-5-7-14-8-6-12/h12-14,16H,1-11H2. The molecular weight excluding hydrogens is 200 g/mol. The summed E-state index contributed by atoms with van der Waals surface area (Å²) in [7, 11) is 0. The molecule has 2 heterocycles. The molecule has 16 heavy (non-hydrogen) atoms. The zero-order chi connectivity index (χ0) is 11.2. The lowest BCUT2D eigenvalue weighted by Gasteiger charge is -2.37. The van der Waals surface area contributed by atoms with Gasteiger partial charge in [0.2, 0.25) is 0 Å². The molecule has 0 aromatic heterocycles. The SMILES string of the molecule is OCCN1CCCCCC1C1CCNCC1. The largest absolute Gasteiger partial charge is 0.395 e. The molecule has 0 saturated carbocycles. The van der Waals surface area contributed by atoms with Crippen molar-refractivity contribution in [2.45, 2.75) is 44.6 Å². The number of nitrogens with zero attached hydrogens (tertiary/aromatic N) is 1. The maximum absolute atomic E-state index is 9.17. The Kier molecular flexibility index (Phi) is 5.07. The second kappa shape index (κ2) is 6.58. The van der Waals surface area contributed by atoms with Crippen LogP contribution in [0.15, 0.2) is 0 Å². The molecule has 0 aromatic carbocycles. The Morgan fingerprint density at radius 2 is 1.88 bits per heavy atom. The summed E-state index contributed by atoms with van der Waals surface area (Å²) in [6, 6.07) is 0.747. The topological polar surface area (TPSA) is 35.5 Å². The lowest BCUT2D eigenvalue weighted by Crippen LogP contribution is -2.45. The predicted molar refractivity (Wildman–Crippen MR) is 66.5 cm³/mol. The van der Waals surface area contributed by atoms with Gasteiger partial charge in [-0.3, -0.25) is 4.90 Å². The molecule has 2 saturated heterocycles. The number of nitrogens with one attached hydrogen (secondary N) is 1. The van der Waals surface area contributed by atoms with Gasteiger partial charge in [0.15, 0.2) is 0 Å². The molecular formula is C13H26N2O. The van der Waals surface area contributed by atoms with Crippen LogP contribution >= 0.6 is 0 Å². The van der Waals surface area contributed by atoms with E-state index in [9.17, 15) is 5.11 Å². The van der Waals surface area contributed by atoms with Gasteiger partial charge in [-0.05, 0) is 51.2 Å². The van der Waals surface area contributed by atoms with Crippen molar-refractivity contribution in [1.82, 2.24) is 10.2 Å². The Labute approximate surface area is 99.2 Å². The molecule has 0 aromatic rings. The molecule has 2 aliphatic heterocycles. The molecule has 0 radical (unpaired) electrons. The Morgan fingerprint density at radius 3 is 2.62 bits per heavy atom. The number of rotatable bonds is 3. The molecule has 2 fully saturated rings. The van der Waals surface area contributed by atoms with Crippen LogP contribution in [0.5, 0.6) is 0 Å². The first kappa shape index (κ1) is 12.3. The maximum atomic E-state index is 9.17. The number of β-amino-alcohol motifs (C(OH)–C–C–N with tert-alkyl or cyclic N) is 1. The van der Waals surface area contributed by atoms with E-state index in [1.54, 1.807) is 0 Å². The lowest BCUT2D eigenvalue weighted by atomic mass is 9.87. The van der Waals surface area contributed by atoms with Crippen molar-refractivity contribution in [2.24, 2.45) is 5.92 Å². The molecule has 3 nitrogen and oxygen atoms in total. The summed E-state index contributed by atoms with van der Waals surface area (Å²) < 4.78 is 0. The fourth-order valence-electron chi connectivity index (χ4n) is 3.36. The molecule has 2 N–H and O–H groups in total. The summed E-state index contributed by atoms with van der Waals surface area (Å²) in [5, 5.41) is 12.6. The summed E-state index contributed by atoms with van der Waals surface area (Å²) in [5.74, 6) is 0.867. The van der Waals surface area contributed by atoms with Crippen LogP contribution in [0.25, 0.3) is 0 Å². The smallest absolute Gasteiger partial charge is 0.0558 e. The monoisotopic (exact) mass is 226 g/mol. The second-order valence-electron chi connectivity index (χ2n) is 5.26. The molecule has 2 aliphatic rings. The van der Waals surface area contributed by atoms with Gasteiger partial charge in [-0.25, -0.2) is 0 Å². The number of hydrogen-bond acceptors (Lipinski definition) is 3.